The Labute approximate surface area is 136 Å². The van der Waals surface area contributed by atoms with Gasteiger partial charge in [0, 0.05) is 5.92 Å². The van der Waals surface area contributed by atoms with E-state index in [-0.39, 0.29) is 29.1 Å². The maximum Gasteiger partial charge on any atom is 0.313 e. The van der Waals surface area contributed by atoms with Crippen molar-refractivity contribution in [2.75, 3.05) is 6.61 Å². The second kappa shape index (κ2) is 8.82. The molecule has 22 heavy (non-hydrogen) atoms. The van der Waals surface area contributed by atoms with Crippen LogP contribution >= 0.6 is 0 Å². The van der Waals surface area contributed by atoms with E-state index in [9.17, 15) is 14.4 Å². The molecular weight excluding hydrogens is 296 g/mol. The highest BCUT2D eigenvalue weighted by atomic mass is 28.4. The Kier molecular flexibility index (Phi) is 8.55. The van der Waals surface area contributed by atoms with Gasteiger partial charge in [-0.2, -0.15) is 0 Å². The van der Waals surface area contributed by atoms with Gasteiger partial charge in [-0.05, 0) is 36.9 Å². The number of carbonyl (C=O) groups is 2. The Morgan fingerprint density at radius 3 is 2.18 bits per heavy atom. The fourth-order valence-electron chi connectivity index (χ4n) is 2.18. The summed E-state index contributed by atoms with van der Waals surface area (Å²) < 4.78 is 5.08. The number of hydrogen-bond donors (Lipinski definition) is 1. The molecule has 0 aromatic heterocycles. The van der Waals surface area contributed by atoms with Crippen molar-refractivity contribution in [1.82, 2.24) is 0 Å². The van der Waals surface area contributed by atoms with Crippen LogP contribution in [0.3, 0.4) is 0 Å². The molecule has 0 aliphatic carbocycles. The molecule has 130 valence electrons. The second-order valence-corrected chi connectivity index (χ2v) is 12.2. The second-order valence-electron chi connectivity index (χ2n) is 7.71. The molecule has 0 saturated carbocycles. The van der Waals surface area contributed by atoms with Crippen LogP contribution in [-0.2, 0) is 14.3 Å². The lowest BCUT2D eigenvalue weighted by molar-refractivity contribution is -0.147. The summed E-state index contributed by atoms with van der Waals surface area (Å²) in [6.45, 7) is 14.2. The first-order valence-electron chi connectivity index (χ1n) is 8.33. The molecule has 0 amide bonds. The summed E-state index contributed by atoms with van der Waals surface area (Å²) in [4.78, 5) is 34.6. The Morgan fingerprint density at radius 1 is 1.23 bits per heavy atom. The molecule has 4 nitrogen and oxygen atoms in total. The number of rotatable bonds is 10. The lowest BCUT2D eigenvalue weighted by atomic mass is 9.83. The molecule has 0 aromatic carbocycles. The molecule has 0 aliphatic heterocycles. The van der Waals surface area contributed by atoms with Crippen molar-refractivity contribution in [3.8, 4) is 0 Å². The summed E-state index contributed by atoms with van der Waals surface area (Å²) in [7, 11) is -2.37. The molecule has 5 heteroatoms. The van der Waals surface area contributed by atoms with Crippen molar-refractivity contribution in [2.24, 2.45) is 11.8 Å². The van der Waals surface area contributed by atoms with Crippen molar-refractivity contribution < 1.29 is 19.1 Å². The van der Waals surface area contributed by atoms with Gasteiger partial charge >= 0.3 is 5.97 Å². The van der Waals surface area contributed by atoms with E-state index in [0.29, 0.717) is 13.0 Å². The van der Waals surface area contributed by atoms with Gasteiger partial charge < -0.3 is 9.53 Å². The third-order valence-corrected chi connectivity index (χ3v) is 8.20. The minimum absolute atomic E-state index is 0.0668. The van der Waals surface area contributed by atoms with Crippen LogP contribution in [-0.4, -0.2) is 31.5 Å². The molecular formula is C17H34O4Si. The van der Waals surface area contributed by atoms with Crippen LogP contribution < -0.4 is 0 Å². The van der Waals surface area contributed by atoms with Crippen LogP contribution in [0.2, 0.25) is 18.1 Å². The van der Waals surface area contributed by atoms with E-state index in [0.717, 1.165) is 12.8 Å². The van der Waals surface area contributed by atoms with E-state index in [4.69, 9.17) is 4.74 Å². The molecule has 1 N–H and O–H groups in total. The molecule has 0 spiro atoms. The smallest absolute Gasteiger partial charge is 0.313 e. The fraction of sp³-hybridized carbons (Fsp3) is 0.882. The first-order valence-corrected chi connectivity index (χ1v) is 11.3. The maximum absolute atomic E-state index is 12.5. The number of esters is 1. The van der Waals surface area contributed by atoms with E-state index < -0.39 is 14.3 Å². The number of hydrogen-bond acceptors (Lipinski definition) is 4. The van der Waals surface area contributed by atoms with Gasteiger partial charge in [-0.3, -0.25) is 9.59 Å². The molecule has 0 saturated heterocycles. The normalized spacial score (nSPS) is 14.0. The lowest BCUT2D eigenvalue weighted by Crippen LogP contribution is -2.42. The summed E-state index contributed by atoms with van der Waals surface area (Å²) in [5.41, 5.74) is 0. The van der Waals surface area contributed by atoms with Crippen LogP contribution in [0.15, 0.2) is 0 Å². The average Bonchev–Trinajstić information content (AvgIpc) is 2.34. The van der Waals surface area contributed by atoms with E-state index in [1.54, 1.807) is 0 Å². The first kappa shape index (κ1) is 21.3. The highest BCUT2D eigenvalue weighted by Gasteiger charge is 2.41. The molecule has 0 heterocycles. The predicted molar refractivity (Wildman–Crippen MR) is 92.2 cm³/mol. The fourth-order valence-corrected chi connectivity index (χ4v) is 2.90. The van der Waals surface area contributed by atoms with Crippen molar-refractivity contribution >= 4 is 20.1 Å². The standard InChI is InChI=1S/C17H34O4Si/c1-8-9-10-21-16(19)11-15(18)14(13(2)3)12-17(4,5)22(6,7)20/h13-14,20H,8-12H2,1-7H3/t14-/m0/s1. The SMILES string of the molecule is CCCCOC(=O)CC(=O)[C@@H](CC(C)(C)[Si](C)(C)O)C(C)C. The zero-order valence-corrected chi connectivity index (χ0v) is 16.4. The van der Waals surface area contributed by atoms with Crippen LogP contribution in [0.4, 0.5) is 0 Å². The van der Waals surface area contributed by atoms with E-state index >= 15 is 0 Å². The van der Waals surface area contributed by atoms with Crippen LogP contribution in [0, 0.1) is 11.8 Å². The van der Waals surface area contributed by atoms with Crippen LogP contribution in [0.25, 0.3) is 0 Å². The van der Waals surface area contributed by atoms with Gasteiger partial charge in [0.1, 0.15) is 12.2 Å². The van der Waals surface area contributed by atoms with E-state index in [1.807, 2.05) is 47.7 Å². The minimum atomic E-state index is -2.37. The highest BCUT2D eigenvalue weighted by molar-refractivity contribution is 6.72. The zero-order chi connectivity index (χ0) is 17.6. The van der Waals surface area contributed by atoms with Crippen LogP contribution in [0.1, 0.15) is 60.3 Å². The molecule has 0 fully saturated rings. The van der Waals surface area contributed by atoms with Gasteiger partial charge in [-0.1, -0.05) is 41.0 Å². The maximum atomic E-state index is 12.5. The summed E-state index contributed by atoms with van der Waals surface area (Å²) in [5, 5.41) is -0.274. The Bertz CT molecular complexity index is 369. The summed E-state index contributed by atoms with van der Waals surface area (Å²) in [6.07, 6.45) is 2.24. The van der Waals surface area contributed by atoms with E-state index in [1.165, 1.54) is 0 Å². The van der Waals surface area contributed by atoms with Crippen molar-refractivity contribution in [3.05, 3.63) is 0 Å². The lowest BCUT2D eigenvalue weighted by Gasteiger charge is -2.38. The van der Waals surface area contributed by atoms with Crippen molar-refractivity contribution in [2.45, 2.75) is 78.4 Å². The third-order valence-electron chi connectivity index (χ3n) is 4.68. The monoisotopic (exact) mass is 330 g/mol. The molecule has 1 atom stereocenters. The first-order chi connectivity index (χ1) is 9.92. The number of unbranched alkanes of at least 4 members (excludes halogenated alkanes) is 1. The Morgan fingerprint density at radius 2 is 1.77 bits per heavy atom. The average molecular weight is 331 g/mol. The predicted octanol–water partition coefficient (Wildman–Crippen LogP) is 3.93. The molecule has 0 aliphatic rings. The van der Waals surface area contributed by atoms with Gasteiger partial charge in [0.25, 0.3) is 0 Å². The number of ketones is 1. The van der Waals surface area contributed by atoms with Gasteiger partial charge in [0.2, 0.25) is 0 Å². The van der Waals surface area contributed by atoms with E-state index in [2.05, 4.69) is 0 Å². The topological polar surface area (TPSA) is 63.6 Å². The summed E-state index contributed by atoms with van der Waals surface area (Å²) >= 11 is 0. The van der Waals surface area contributed by atoms with Crippen molar-refractivity contribution in [3.63, 3.8) is 0 Å². The molecule has 0 bridgehead atoms. The molecule has 0 unspecified atom stereocenters. The quantitative estimate of drug-likeness (QED) is 0.285. The summed E-state index contributed by atoms with van der Waals surface area (Å²) in [5.74, 6) is -0.565. The summed E-state index contributed by atoms with van der Waals surface area (Å²) in [6, 6.07) is 0. The number of ether oxygens (including phenoxy) is 1. The number of Topliss-reactive ketones (excluding diaryl/α,β-unsaturated/α-hetero) is 1. The number of carbonyl (C=O) groups excluding carboxylic acids is 2. The molecule has 0 aromatic rings. The molecule has 0 radical (unpaired) electrons. The van der Waals surface area contributed by atoms with Gasteiger partial charge in [-0.15, -0.1) is 0 Å². The minimum Gasteiger partial charge on any atom is -0.465 e. The zero-order valence-electron chi connectivity index (χ0n) is 15.4. The van der Waals surface area contributed by atoms with Crippen LogP contribution in [0.5, 0.6) is 0 Å². The molecule has 0 rings (SSSR count). The van der Waals surface area contributed by atoms with Gasteiger partial charge in [0.05, 0.1) is 6.61 Å². The third kappa shape index (κ3) is 7.05. The highest BCUT2D eigenvalue weighted by Crippen LogP contribution is 2.43. The van der Waals surface area contributed by atoms with Crippen molar-refractivity contribution in [1.29, 1.82) is 0 Å². The largest absolute Gasteiger partial charge is 0.465 e. The Balaban J connectivity index is 4.76. The Hall–Kier alpha value is -0.683. The van der Waals surface area contributed by atoms with Gasteiger partial charge in [0.15, 0.2) is 8.32 Å². The van der Waals surface area contributed by atoms with Gasteiger partial charge in [-0.25, -0.2) is 0 Å².